The van der Waals surface area contributed by atoms with E-state index in [1.165, 1.54) is 0 Å². The molecule has 0 aromatic carbocycles. The highest BCUT2D eigenvalue weighted by Gasteiger charge is 2.49. The summed E-state index contributed by atoms with van der Waals surface area (Å²) in [6, 6.07) is -0.834. The molecule has 2 unspecified atom stereocenters. The van der Waals surface area contributed by atoms with Crippen LogP contribution in [0.4, 0.5) is 18.0 Å². The third-order valence-corrected chi connectivity index (χ3v) is 4.26. The van der Waals surface area contributed by atoms with Crippen LogP contribution in [-0.4, -0.2) is 52.6 Å². The zero-order chi connectivity index (χ0) is 18.1. The zero-order valence-corrected chi connectivity index (χ0v) is 14.2. The topological polar surface area (TPSA) is 59.0 Å². The lowest BCUT2D eigenvalue weighted by atomic mass is 9.78. The fourth-order valence-electron chi connectivity index (χ4n) is 3.33. The van der Waals surface area contributed by atoms with Crippen LogP contribution in [0.3, 0.4) is 0 Å². The van der Waals surface area contributed by atoms with E-state index in [2.05, 4.69) is 0 Å². The molecule has 2 heterocycles. The quantitative estimate of drug-likeness (QED) is 0.847. The van der Waals surface area contributed by atoms with Crippen molar-refractivity contribution in [2.75, 3.05) is 13.2 Å². The van der Waals surface area contributed by atoms with Gasteiger partial charge in [-0.3, -0.25) is 4.90 Å². The molecule has 2 aliphatic rings. The van der Waals surface area contributed by atoms with Crippen molar-refractivity contribution in [2.24, 2.45) is 0 Å². The second-order valence-electron chi connectivity index (χ2n) is 7.53. The van der Waals surface area contributed by atoms with Crippen molar-refractivity contribution < 1.29 is 32.5 Å². The number of piperidine rings is 1. The number of halogens is 3. The smallest absolute Gasteiger partial charge is 0.410 e. The summed E-state index contributed by atoms with van der Waals surface area (Å²) >= 11 is 0. The summed E-state index contributed by atoms with van der Waals surface area (Å²) < 4.78 is 48.3. The summed E-state index contributed by atoms with van der Waals surface area (Å²) in [4.78, 5) is 14.0. The first-order chi connectivity index (χ1) is 11.0. The van der Waals surface area contributed by atoms with Crippen molar-refractivity contribution in [3.63, 3.8) is 0 Å². The molecule has 1 N–H and O–H groups in total. The minimum absolute atomic E-state index is 0.120. The van der Waals surface area contributed by atoms with Crippen molar-refractivity contribution in [1.82, 2.24) is 4.90 Å². The van der Waals surface area contributed by atoms with Gasteiger partial charge in [0.05, 0.1) is 30.9 Å². The Morgan fingerprint density at radius 2 is 1.79 bits per heavy atom. The fourth-order valence-corrected chi connectivity index (χ4v) is 3.33. The molecule has 0 aromatic rings. The van der Waals surface area contributed by atoms with Crippen LogP contribution in [0, 0.1) is 0 Å². The van der Waals surface area contributed by atoms with E-state index < -0.39 is 47.7 Å². The van der Waals surface area contributed by atoms with Gasteiger partial charge in [0.1, 0.15) is 5.60 Å². The minimum Gasteiger partial charge on any atom is -0.444 e. The van der Waals surface area contributed by atoms with Gasteiger partial charge in [-0.25, -0.2) is 9.18 Å². The molecule has 2 atom stereocenters. The number of carbonyl (C=O) groups excluding carboxylic acids is 1. The number of hydrogen-bond donors (Lipinski definition) is 1. The van der Waals surface area contributed by atoms with Crippen molar-refractivity contribution >= 4 is 6.09 Å². The van der Waals surface area contributed by atoms with Gasteiger partial charge in [-0.05, 0) is 40.0 Å². The summed E-state index contributed by atoms with van der Waals surface area (Å²) in [7, 11) is 0. The van der Waals surface area contributed by atoms with Gasteiger partial charge in [-0.15, -0.1) is 0 Å². The number of amides is 1. The van der Waals surface area contributed by atoms with Crippen LogP contribution >= 0.6 is 0 Å². The van der Waals surface area contributed by atoms with Gasteiger partial charge in [0.15, 0.2) is 5.83 Å². The molecule has 2 fully saturated rings. The van der Waals surface area contributed by atoms with Crippen LogP contribution in [0.2, 0.25) is 0 Å². The molecule has 2 aliphatic heterocycles. The van der Waals surface area contributed by atoms with Crippen LogP contribution in [0.15, 0.2) is 11.9 Å². The summed E-state index contributed by atoms with van der Waals surface area (Å²) in [5, 5.41) is 10.7. The maximum atomic E-state index is 13.0. The highest BCUT2D eigenvalue weighted by atomic mass is 19.3. The van der Waals surface area contributed by atoms with Crippen LogP contribution in [0.1, 0.15) is 46.5 Å². The summed E-state index contributed by atoms with van der Waals surface area (Å²) in [6.45, 7) is 5.75. The van der Waals surface area contributed by atoms with Gasteiger partial charge in [0.2, 0.25) is 0 Å². The highest BCUT2D eigenvalue weighted by Crippen LogP contribution is 2.39. The molecule has 1 amide bonds. The van der Waals surface area contributed by atoms with Crippen molar-refractivity contribution in [3.05, 3.63) is 11.9 Å². The third-order valence-electron chi connectivity index (χ3n) is 4.26. The number of rotatable bonds is 3. The Balaban J connectivity index is 2.07. The molecule has 0 saturated carbocycles. The Bertz CT molecular complexity index is 500. The molecule has 8 heteroatoms. The van der Waals surface area contributed by atoms with Gasteiger partial charge in [0, 0.05) is 6.42 Å². The first kappa shape index (κ1) is 19.1. The van der Waals surface area contributed by atoms with E-state index in [1.807, 2.05) is 0 Å². The molecule has 138 valence electrons. The Morgan fingerprint density at radius 1 is 1.25 bits per heavy atom. The third kappa shape index (κ3) is 4.63. The van der Waals surface area contributed by atoms with E-state index in [0.29, 0.717) is 0 Å². The Labute approximate surface area is 139 Å². The summed E-state index contributed by atoms with van der Waals surface area (Å²) in [5.41, 5.74) is -1.95. The lowest BCUT2D eigenvalue weighted by Crippen LogP contribution is -2.64. The van der Waals surface area contributed by atoms with Gasteiger partial charge in [-0.1, -0.05) is 0 Å². The Morgan fingerprint density at radius 3 is 2.25 bits per heavy atom. The number of fused-ring (bicyclic) bond motifs is 2. The average molecular weight is 351 g/mol. The van der Waals surface area contributed by atoms with Crippen LogP contribution < -0.4 is 0 Å². The van der Waals surface area contributed by atoms with E-state index in [9.17, 15) is 23.1 Å². The van der Waals surface area contributed by atoms with E-state index in [-0.39, 0.29) is 32.5 Å². The van der Waals surface area contributed by atoms with E-state index in [0.717, 1.165) is 0 Å². The first-order valence-electron chi connectivity index (χ1n) is 8.02. The number of aliphatic hydroxyl groups is 1. The molecule has 2 rings (SSSR count). The number of allylic oxidation sites excluding steroid dienone is 1. The fraction of sp³-hybridized carbons (Fsp3) is 0.812. The second-order valence-corrected chi connectivity index (χ2v) is 7.53. The molecule has 2 bridgehead atoms. The number of carbonyl (C=O) groups is 1. The normalized spacial score (nSPS) is 30.0. The van der Waals surface area contributed by atoms with Crippen molar-refractivity contribution in [2.45, 2.75) is 69.7 Å². The maximum Gasteiger partial charge on any atom is 0.410 e. The Kier molecular flexibility index (Phi) is 5.49. The predicted octanol–water partition coefficient (Wildman–Crippen LogP) is 3.37. The monoisotopic (exact) mass is 351 g/mol. The second kappa shape index (κ2) is 6.92. The lowest BCUT2D eigenvalue weighted by Gasteiger charge is -2.51. The molecular formula is C16H24F3NO4. The lowest BCUT2D eigenvalue weighted by molar-refractivity contribution is -0.140. The summed E-state index contributed by atoms with van der Waals surface area (Å²) in [5.74, 6) is -1.50. The number of ether oxygens (including phenoxy) is 2. The van der Waals surface area contributed by atoms with Gasteiger partial charge in [-0.2, -0.15) is 8.78 Å². The van der Waals surface area contributed by atoms with Crippen LogP contribution in [-0.2, 0) is 9.47 Å². The minimum atomic E-state index is -2.35. The molecule has 0 aliphatic carbocycles. The number of morpholine rings is 1. The van der Waals surface area contributed by atoms with E-state index in [4.69, 9.17) is 9.47 Å². The standard InChI is InChI=1S/C16H24F3NO4/c1-15(2,3)24-14(21)20-10-6-16(22,5-4-12(17)13(18)19)7-11(20)9-23-8-10/h10-11,22H,4-9H2,1-3H3. The van der Waals surface area contributed by atoms with Gasteiger partial charge >= 0.3 is 12.2 Å². The predicted molar refractivity (Wildman–Crippen MR) is 80.2 cm³/mol. The maximum absolute atomic E-state index is 13.0. The SMILES string of the molecule is CC(C)(C)OC(=O)N1C2COCC1CC(O)(CCC(F)=C(F)F)C2. The van der Waals surface area contributed by atoms with E-state index >= 15 is 0 Å². The van der Waals surface area contributed by atoms with Crippen LogP contribution in [0.5, 0.6) is 0 Å². The Hall–Kier alpha value is -1.28. The zero-order valence-electron chi connectivity index (χ0n) is 14.2. The van der Waals surface area contributed by atoms with E-state index in [1.54, 1.807) is 25.7 Å². The molecular weight excluding hydrogens is 327 g/mol. The van der Waals surface area contributed by atoms with Gasteiger partial charge in [0.25, 0.3) is 0 Å². The highest BCUT2D eigenvalue weighted by molar-refractivity contribution is 5.69. The summed E-state index contributed by atoms with van der Waals surface area (Å²) in [6.07, 6.45) is -3.19. The molecule has 0 aromatic heterocycles. The molecule has 0 spiro atoms. The molecule has 2 saturated heterocycles. The first-order valence-corrected chi connectivity index (χ1v) is 8.02. The number of nitrogens with zero attached hydrogens (tertiary/aromatic N) is 1. The largest absolute Gasteiger partial charge is 0.444 e. The van der Waals surface area contributed by atoms with Crippen molar-refractivity contribution in [3.8, 4) is 0 Å². The number of hydrogen-bond acceptors (Lipinski definition) is 4. The van der Waals surface area contributed by atoms with Crippen LogP contribution in [0.25, 0.3) is 0 Å². The van der Waals surface area contributed by atoms with Gasteiger partial charge < -0.3 is 14.6 Å². The average Bonchev–Trinajstić information content (AvgIpc) is 2.41. The molecule has 0 radical (unpaired) electrons. The molecule has 24 heavy (non-hydrogen) atoms. The van der Waals surface area contributed by atoms with Crippen molar-refractivity contribution in [1.29, 1.82) is 0 Å². The molecule has 5 nitrogen and oxygen atoms in total.